The molecular weight excluding hydrogens is 312 g/mol. The minimum absolute atomic E-state index is 0.238. The molecule has 0 unspecified atom stereocenters. The third-order valence-electron chi connectivity index (χ3n) is 3.33. The van der Waals surface area contributed by atoms with Gasteiger partial charge in [-0.1, -0.05) is 12.1 Å². The molecule has 1 heterocycles. The molecule has 3 rings (SSSR count). The van der Waals surface area contributed by atoms with Crippen LogP contribution in [0.2, 0.25) is 0 Å². The molecule has 0 aliphatic carbocycles. The molecule has 116 valence electrons. The van der Waals surface area contributed by atoms with Gasteiger partial charge < -0.3 is 10.1 Å². The van der Waals surface area contributed by atoms with Gasteiger partial charge in [0.2, 0.25) is 0 Å². The standard InChI is InChI=1S/C17H14N2O3S/c1-10-18-14-8-7-11(9-15(14)23-10)19-16(20)12-5-3-4-6-13(12)17(21)22-2/h3-9H,1-2H3,(H,19,20). The molecule has 0 spiro atoms. The minimum atomic E-state index is -0.538. The Hall–Kier alpha value is -2.73. The maximum absolute atomic E-state index is 12.5. The summed E-state index contributed by atoms with van der Waals surface area (Å²) in [6, 6.07) is 12.1. The van der Waals surface area contributed by atoms with Crippen molar-refractivity contribution in [1.82, 2.24) is 4.98 Å². The second-order valence-electron chi connectivity index (χ2n) is 4.91. The van der Waals surface area contributed by atoms with Crippen LogP contribution < -0.4 is 5.32 Å². The lowest BCUT2D eigenvalue weighted by Crippen LogP contribution is -2.17. The van der Waals surface area contributed by atoms with E-state index in [1.807, 2.05) is 19.1 Å². The fraction of sp³-hybridized carbons (Fsp3) is 0.118. The molecule has 6 heteroatoms. The van der Waals surface area contributed by atoms with Gasteiger partial charge in [-0.15, -0.1) is 11.3 Å². The highest BCUT2D eigenvalue weighted by atomic mass is 32.1. The number of ether oxygens (including phenoxy) is 1. The molecule has 2 aromatic carbocycles. The van der Waals surface area contributed by atoms with Crippen molar-refractivity contribution >= 4 is 39.1 Å². The van der Waals surface area contributed by atoms with E-state index in [0.29, 0.717) is 5.69 Å². The number of aromatic nitrogens is 1. The molecule has 0 saturated heterocycles. The van der Waals surface area contributed by atoms with Crippen LogP contribution in [0.4, 0.5) is 5.69 Å². The van der Waals surface area contributed by atoms with Crippen molar-refractivity contribution in [2.24, 2.45) is 0 Å². The highest BCUT2D eigenvalue weighted by molar-refractivity contribution is 7.18. The Morgan fingerprint density at radius 2 is 1.87 bits per heavy atom. The van der Waals surface area contributed by atoms with Crippen LogP contribution in [0.1, 0.15) is 25.7 Å². The van der Waals surface area contributed by atoms with E-state index in [9.17, 15) is 9.59 Å². The quantitative estimate of drug-likeness (QED) is 0.746. The van der Waals surface area contributed by atoms with E-state index < -0.39 is 5.97 Å². The molecule has 23 heavy (non-hydrogen) atoms. The number of benzene rings is 2. The Balaban J connectivity index is 1.90. The number of thiazole rings is 1. The van der Waals surface area contributed by atoms with E-state index in [1.165, 1.54) is 7.11 Å². The first-order valence-electron chi connectivity index (χ1n) is 6.94. The number of methoxy groups -OCH3 is 1. The number of carbonyl (C=O) groups excluding carboxylic acids is 2. The van der Waals surface area contributed by atoms with Crippen LogP contribution in [0.25, 0.3) is 10.2 Å². The van der Waals surface area contributed by atoms with E-state index in [4.69, 9.17) is 4.74 Å². The van der Waals surface area contributed by atoms with Gasteiger partial charge >= 0.3 is 5.97 Å². The lowest BCUT2D eigenvalue weighted by atomic mass is 10.1. The average Bonchev–Trinajstić information content (AvgIpc) is 2.93. The number of rotatable bonds is 3. The zero-order valence-corrected chi connectivity index (χ0v) is 13.4. The maximum Gasteiger partial charge on any atom is 0.338 e. The van der Waals surface area contributed by atoms with Gasteiger partial charge in [-0.3, -0.25) is 4.79 Å². The van der Waals surface area contributed by atoms with Crippen molar-refractivity contribution in [3.63, 3.8) is 0 Å². The number of hydrogen-bond donors (Lipinski definition) is 1. The summed E-state index contributed by atoms with van der Waals surface area (Å²) >= 11 is 1.56. The summed E-state index contributed by atoms with van der Waals surface area (Å²) in [5.41, 5.74) is 2.08. The number of anilines is 1. The van der Waals surface area contributed by atoms with Crippen molar-refractivity contribution in [2.75, 3.05) is 12.4 Å². The van der Waals surface area contributed by atoms with Crippen molar-refractivity contribution in [3.8, 4) is 0 Å². The zero-order valence-electron chi connectivity index (χ0n) is 12.6. The van der Waals surface area contributed by atoms with Gasteiger partial charge in [0.25, 0.3) is 5.91 Å². The molecule has 0 radical (unpaired) electrons. The Morgan fingerprint density at radius 1 is 1.13 bits per heavy atom. The first kappa shape index (κ1) is 15.2. The van der Waals surface area contributed by atoms with Crippen molar-refractivity contribution in [3.05, 3.63) is 58.6 Å². The number of amides is 1. The summed E-state index contributed by atoms with van der Waals surface area (Å²) in [6.45, 7) is 1.94. The first-order chi connectivity index (χ1) is 11.1. The second kappa shape index (κ2) is 6.18. The van der Waals surface area contributed by atoms with E-state index >= 15 is 0 Å². The predicted molar refractivity (Wildman–Crippen MR) is 90.1 cm³/mol. The molecule has 1 aromatic heterocycles. The summed E-state index contributed by atoms with van der Waals surface area (Å²) in [4.78, 5) is 28.6. The summed E-state index contributed by atoms with van der Waals surface area (Å²) in [5.74, 6) is -0.893. The molecule has 5 nitrogen and oxygen atoms in total. The van der Waals surface area contributed by atoms with Crippen LogP contribution in [0, 0.1) is 6.92 Å². The van der Waals surface area contributed by atoms with Gasteiger partial charge in [-0.2, -0.15) is 0 Å². The van der Waals surface area contributed by atoms with Gasteiger partial charge in [0.05, 0.1) is 33.5 Å². The largest absolute Gasteiger partial charge is 0.465 e. The number of nitrogens with zero attached hydrogens (tertiary/aromatic N) is 1. The molecule has 0 atom stereocenters. The highest BCUT2D eigenvalue weighted by Gasteiger charge is 2.17. The molecule has 0 aliphatic heterocycles. The van der Waals surface area contributed by atoms with Crippen molar-refractivity contribution < 1.29 is 14.3 Å². The van der Waals surface area contributed by atoms with E-state index in [-0.39, 0.29) is 17.0 Å². The molecule has 1 N–H and O–H groups in total. The van der Waals surface area contributed by atoms with Crippen LogP contribution in [-0.2, 0) is 4.74 Å². The van der Waals surface area contributed by atoms with Crippen LogP contribution in [-0.4, -0.2) is 24.0 Å². The third kappa shape index (κ3) is 3.07. The molecule has 0 saturated carbocycles. The average molecular weight is 326 g/mol. The van der Waals surface area contributed by atoms with Crippen molar-refractivity contribution in [2.45, 2.75) is 6.92 Å². The van der Waals surface area contributed by atoms with Crippen molar-refractivity contribution in [1.29, 1.82) is 0 Å². The monoisotopic (exact) mass is 326 g/mol. The maximum atomic E-state index is 12.5. The molecule has 0 fully saturated rings. The number of esters is 1. The number of carbonyl (C=O) groups is 2. The third-order valence-corrected chi connectivity index (χ3v) is 4.26. The number of fused-ring (bicyclic) bond motifs is 1. The molecule has 0 bridgehead atoms. The summed E-state index contributed by atoms with van der Waals surface area (Å²) in [7, 11) is 1.29. The summed E-state index contributed by atoms with van der Waals surface area (Å²) in [6.07, 6.45) is 0. The Labute approximate surface area is 136 Å². The highest BCUT2D eigenvalue weighted by Crippen LogP contribution is 2.25. The fourth-order valence-electron chi connectivity index (χ4n) is 2.29. The lowest BCUT2D eigenvalue weighted by molar-refractivity contribution is 0.0597. The molecule has 1 amide bonds. The minimum Gasteiger partial charge on any atom is -0.465 e. The molecular formula is C17H14N2O3S. The van der Waals surface area contributed by atoms with Crippen LogP contribution >= 0.6 is 11.3 Å². The fourth-order valence-corrected chi connectivity index (χ4v) is 3.15. The van der Waals surface area contributed by atoms with Gasteiger partial charge in [-0.25, -0.2) is 9.78 Å². The first-order valence-corrected chi connectivity index (χ1v) is 7.76. The Morgan fingerprint density at radius 3 is 2.61 bits per heavy atom. The normalized spacial score (nSPS) is 10.5. The molecule has 3 aromatic rings. The zero-order chi connectivity index (χ0) is 16.4. The SMILES string of the molecule is COC(=O)c1ccccc1C(=O)Nc1ccc2nc(C)sc2c1. The van der Waals surface area contributed by atoms with E-state index in [0.717, 1.165) is 15.2 Å². The van der Waals surface area contributed by atoms with Gasteiger partial charge in [0.15, 0.2) is 0 Å². The lowest BCUT2D eigenvalue weighted by Gasteiger charge is -2.08. The topological polar surface area (TPSA) is 68.3 Å². The summed E-state index contributed by atoms with van der Waals surface area (Å²) < 4.78 is 5.71. The second-order valence-corrected chi connectivity index (χ2v) is 6.14. The number of aryl methyl sites for hydroxylation is 1. The van der Waals surface area contributed by atoms with Crippen LogP contribution in [0.15, 0.2) is 42.5 Å². The van der Waals surface area contributed by atoms with Gasteiger partial charge in [-0.05, 0) is 37.3 Å². The molecule has 0 aliphatic rings. The smallest absolute Gasteiger partial charge is 0.338 e. The van der Waals surface area contributed by atoms with E-state index in [2.05, 4.69) is 10.3 Å². The van der Waals surface area contributed by atoms with E-state index in [1.54, 1.807) is 41.7 Å². The summed E-state index contributed by atoms with van der Waals surface area (Å²) in [5, 5.41) is 3.78. The van der Waals surface area contributed by atoms with Gasteiger partial charge in [0.1, 0.15) is 0 Å². The number of nitrogens with one attached hydrogen (secondary N) is 1. The Kier molecular flexibility index (Phi) is 4.08. The van der Waals surface area contributed by atoms with Gasteiger partial charge in [0, 0.05) is 5.69 Å². The van der Waals surface area contributed by atoms with Crippen LogP contribution in [0.5, 0.6) is 0 Å². The van der Waals surface area contributed by atoms with Crippen LogP contribution in [0.3, 0.4) is 0 Å². The Bertz CT molecular complexity index is 902. The number of hydrogen-bond acceptors (Lipinski definition) is 5. The predicted octanol–water partition coefficient (Wildman–Crippen LogP) is 3.64.